The van der Waals surface area contributed by atoms with Crippen molar-refractivity contribution in [2.45, 2.75) is 24.4 Å². The van der Waals surface area contributed by atoms with Crippen molar-refractivity contribution in [1.29, 1.82) is 0 Å². The van der Waals surface area contributed by atoms with Crippen molar-refractivity contribution in [3.63, 3.8) is 0 Å². The molecule has 1 aromatic rings. The number of hydrogen-bond donors (Lipinski definition) is 1. The minimum absolute atomic E-state index is 0.230. The van der Waals surface area contributed by atoms with Gasteiger partial charge in [-0.25, -0.2) is 4.98 Å². The number of anilines is 1. The van der Waals surface area contributed by atoms with Gasteiger partial charge in [0.1, 0.15) is 5.82 Å². The average molecular weight is 225 g/mol. The van der Waals surface area contributed by atoms with E-state index in [0.717, 1.165) is 30.2 Å². The number of hydrogen-bond acceptors (Lipinski definition) is 3. The third-order valence-electron chi connectivity index (χ3n) is 3.59. The molecule has 1 fully saturated rings. The lowest BCUT2D eigenvalue weighted by atomic mass is 9.64. The monoisotopic (exact) mass is 224 g/mol. The molecule has 3 nitrogen and oxygen atoms in total. The molecule has 1 saturated carbocycles. The third kappa shape index (κ3) is 1.26. The molecule has 4 heteroatoms. The van der Waals surface area contributed by atoms with E-state index in [9.17, 15) is 0 Å². The molecule has 0 bridgehead atoms. The number of pyridine rings is 1. The number of ether oxygens (including phenoxy) is 1. The van der Waals surface area contributed by atoms with Crippen LogP contribution in [0.2, 0.25) is 5.02 Å². The van der Waals surface area contributed by atoms with E-state index in [2.05, 4.69) is 10.3 Å². The summed E-state index contributed by atoms with van der Waals surface area (Å²) in [5, 5.41) is 4.06. The van der Waals surface area contributed by atoms with Crippen molar-refractivity contribution in [1.82, 2.24) is 4.98 Å². The highest BCUT2D eigenvalue weighted by atomic mass is 35.5. The molecule has 0 amide bonds. The Morgan fingerprint density at radius 2 is 2.40 bits per heavy atom. The molecule has 1 aliphatic heterocycles. The van der Waals surface area contributed by atoms with Gasteiger partial charge in [-0.1, -0.05) is 11.6 Å². The minimum atomic E-state index is 0.230. The number of fused-ring (bicyclic) bond motifs is 2. The Kier molecular flexibility index (Phi) is 1.94. The molecule has 2 aliphatic rings. The number of rotatable bonds is 1. The zero-order valence-corrected chi connectivity index (χ0v) is 9.34. The maximum Gasteiger partial charge on any atom is 0.129 e. The smallest absolute Gasteiger partial charge is 0.129 e. The van der Waals surface area contributed by atoms with Gasteiger partial charge in [0.05, 0.1) is 11.1 Å². The highest BCUT2D eigenvalue weighted by molar-refractivity contribution is 6.30. The molecule has 1 aliphatic carbocycles. The summed E-state index contributed by atoms with van der Waals surface area (Å²) < 4.78 is 5.34. The van der Waals surface area contributed by atoms with Crippen LogP contribution < -0.4 is 5.32 Å². The fraction of sp³-hybridized carbons (Fsp3) is 0.545. The lowest BCUT2D eigenvalue weighted by Crippen LogP contribution is -2.46. The number of nitrogens with one attached hydrogen (secondary N) is 1. The molecule has 15 heavy (non-hydrogen) atoms. The summed E-state index contributed by atoms with van der Waals surface area (Å²) in [5.41, 5.74) is 1.50. The van der Waals surface area contributed by atoms with Crippen molar-refractivity contribution < 1.29 is 4.74 Å². The van der Waals surface area contributed by atoms with Crippen LogP contribution in [0.3, 0.4) is 0 Å². The van der Waals surface area contributed by atoms with Gasteiger partial charge in [0.25, 0.3) is 0 Å². The van der Waals surface area contributed by atoms with Crippen molar-refractivity contribution >= 4 is 17.4 Å². The number of methoxy groups -OCH3 is 1. The molecule has 2 heterocycles. The van der Waals surface area contributed by atoms with Crippen LogP contribution in [0.4, 0.5) is 5.82 Å². The molecule has 0 aromatic carbocycles. The van der Waals surface area contributed by atoms with Gasteiger partial charge in [-0.15, -0.1) is 0 Å². The summed E-state index contributed by atoms with van der Waals surface area (Å²) in [6, 6.07) is 2.04. The van der Waals surface area contributed by atoms with Crippen molar-refractivity contribution in [2.24, 2.45) is 0 Å². The fourth-order valence-electron chi connectivity index (χ4n) is 2.68. The van der Waals surface area contributed by atoms with E-state index in [1.54, 1.807) is 13.3 Å². The van der Waals surface area contributed by atoms with Crippen LogP contribution in [-0.4, -0.2) is 24.7 Å². The Morgan fingerprint density at radius 3 is 3.13 bits per heavy atom. The van der Waals surface area contributed by atoms with Crippen LogP contribution in [-0.2, 0) is 10.2 Å². The van der Waals surface area contributed by atoms with E-state index in [1.807, 2.05) is 6.07 Å². The van der Waals surface area contributed by atoms with Crippen molar-refractivity contribution in [3.8, 4) is 0 Å². The Labute approximate surface area is 93.8 Å². The second kappa shape index (κ2) is 3.09. The Hall–Kier alpha value is -0.800. The Balaban J connectivity index is 1.95. The molecular formula is C11H13ClN2O. The van der Waals surface area contributed by atoms with E-state index in [1.165, 1.54) is 5.56 Å². The lowest BCUT2D eigenvalue weighted by molar-refractivity contribution is -0.0108. The first-order valence-electron chi connectivity index (χ1n) is 5.16. The van der Waals surface area contributed by atoms with Gasteiger partial charge in [-0.05, 0) is 18.9 Å². The van der Waals surface area contributed by atoms with Gasteiger partial charge in [0, 0.05) is 30.8 Å². The number of nitrogens with zero attached hydrogens (tertiary/aromatic N) is 1. The standard InChI is InChI=1S/C11H13ClN2O/c1-15-8-3-11(4-8)6-14-10-9(11)2-7(12)5-13-10/h2,5,8H,3-4,6H2,1H3,(H,13,14). The van der Waals surface area contributed by atoms with Crippen molar-refractivity contribution in [2.75, 3.05) is 19.0 Å². The van der Waals surface area contributed by atoms with E-state index >= 15 is 0 Å². The number of halogens is 1. The van der Waals surface area contributed by atoms with Gasteiger partial charge in [0.2, 0.25) is 0 Å². The molecule has 0 unspecified atom stereocenters. The van der Waals surface area contributed by atoms with Gasteiger partial charge >= 0.3 is 0 Å². The third-order valence-corrected chi connectivity index (χ3v) is 3.80. The van der Waals surface area contributed by atoms with Crippen LogP contribution in [0.15, 0.2) is 12.3 Å². The fourth-order valence-corrected chi connectivity index (χ4v) is 2.83. The summed E-state index contributed by atoms with van der Waals surface area (Å²) in [5.74, 6) is 0.994. The SMILES string of the molecule is COC1CC2(CNc3ncc(Cl)cc32)C1. The van der Waals surface area contributed by atoms with Crippen LogP contribution in [0.25, 0.3) is 0 Å². The highest BCUT2D eigenvalue weighted by Gasteiger charge is 2.50. The molecule has 1 aromatic heterocycles. The van der Waals surface area contributed by atoms with E-state index < -0.39 is 0 Å². The van der Waals surface area contributed by atoms with Crippen LogP contribution in [0.5, 0.6) is 0 Å². The molecule has 0 radical (unpaired) electrons. The summed E-state index contributed by atoms with van der Waals surface area (Å²) in [6.45, 7) is 0.968. The Morgan fingerprint density at radius 1 is 1.60 bits per heavy atom. The van der Waals surface area contributed by atoms with Crippen LogP contribution in [0, 0.1) is 0 Å². The van der Waals surface area contributed by atoms with Gasteiger partial charge in [0.15, 0.2) is 0 Å². The summed E-state index contributed by atoms with van der Waals surface area (Å²) >= 11 is 5.98. The predicted octanol–water partition coefficient (Wildman–Crippen LogP) is 2.21. The van der Waals surface area contributed by atoms with Crippen LogP contribution in [0.1, 0.15) is 18.4 Å². The van der Waals surface area contributed by atoms with E-state index in [4.69, 9.17) is 16.3 Å². The molecular weight excluding hydrogens is 212 g/mol. The second-order valence-electron chi connectivity index (χ2n) is 4.45. The largest absolute Gasteiger partial charge is 0.381 e. The van der Waals surface area contributed by atoms with Gasteiger partial charge in [-0.3, -0.25) is 0 Å². The Bertz CT molecular complexity index is 402. The van der Waals surface area contributed by atoms with E-state index in [-0.39, 0.29) is 5.41 Å². The molecule has 3 rings (SSSR count). The topological polar surface area (TPSA) is 34.1 Å². The zero-order valence-electron chi connectivity index (χ0n) is 8.59. The zero-order chi connectivity index (χ0) is 10.5. The molecule has 0 saturated heterocycles. The number of aromatic nitrogens is 1. The first-order valence-corrected chi connectivity index (χ1v) is 5.54. The normalized spacial score (nSPS) is 32.3. The minimum Gasteiger partial charge on any atom is -0.381 e. The second-order valence-corrected chi connectivity index (χ2v) is 4.89. The summed E-state index contributed by atoms with van der Waals surface area (Å²) in [7, 11) is 1.77. The molecule has 0 atom stereocenters. The predicted molar refractivity (Wildman–Crippen MR) is 59.4 cm³/mol. The summed E-state index contributed by atoms with van der Waals surface area (Å²) in [4.78, 5) is 4.30. The average Bonchev–Trinajstić information content (AvgIpc) is 2.54. The highest BCUT2D eigenvalue weighted by Crippen LogP contribution is 2.50. The quantitative estimate of drug-likeness (QED) is 0.794. The molecule has 80 valence electrons. The van der Waals surface area contributed by atoms with Gasteiger partial charge in [-0.2, -0.15) is 0 Å². The maximum absolute atomic E-state index is 5.98. The molecule has 1 N–H and O–H groups in total. The van der Waals surface area contributed by atoms with E-state index in [0.29, 0.717) is 6.10 Å². The van der Waals surface area contributed by atoms with Crippen molar-refractivity contribution in [3.05, 3.63) is 22.8 Å². The summed E-state index contributed by atoms with van der Waals surface area (Å²) in [6.07, 6.45) is 4.24. The maximum atomic E-state index is 5.98. The first-order chi connectivity index (χ1) is 7.23. The molecule has 1 spiro atoms. The lowest BCUT2D eigenvalue weighted by Gasteiger charge is -2.44. The van der Waals surface area contributed by atoms with Crippen LogP contribution >= 0.6 is 11.6 Å². The van der Waals surface area contributed by atoms with Gasteiger partial charge < -0.3 is 10.1 Å². The first kappa shape index (κ1) is 9.43.